The molecule has 9 heteroatoms. The van der Waals surface area contributed by atoms with Crippen molar-refractivity contribution >= 4 is 22.3 Å². The van der Waals surface area contributed by atoms with Crippen LogP contribution in [0.4, 0.5) is 11.5 Å². The molecule has 3 saturated heterocycles. The lowest BCUT2D eigenvalue weighted by Gasteiger charge is -2.38. The Bertz CT molecular complexity index is 1370. The largest absolute Gasteiger partial charge is 0.508 e. The van der Waals surface area contributed by atoms with Gasteiger partial charge < -0.3 is 34.6 Å². The first kappa shape index (κ1) is 24.9. The van der Waals surface area contributed by atoms with Crippen LogP contribution in [0.2, 0.25) is 0 Å². The predicted octanol–water partition coefficient (Wildman–Crippen LogP) is 2.94. The molecule has 2 bridgehead atoms. The molecule has 5 heterocycles. The first-order valence-corrected chi connectivity index (χ1v) is 14.3. The molecule has 0 aliphatic carbocycles. The van der Waals surface area contributed by atoms with Gasteiger partial charge in [0.15, 0.2) is 0 Å². The van der Waals surface area contributed by atoms with Gasteiger partial charge in [-0.2, -0.15) is 9.97 Å². The second-order valence-electron chi connectivity index (χ2n) is 11.6. The summed E-state index contributed by atoms with van der Waals surface area (Å²) >= 11 is 0. The minimum atomic E-state index is 0.237. The highest BCUT2D eigenvalue weighted by Crippen LogP contribution is 2.37. The molecular weight excluding hydrogens is 492 g/mol. The predicted molar refractivity (Wildman–Crippen MR) is 152 cm³/mol. The summed E-state index contributed by atoms with van der Waals surface area (Å²) in [5.74, 6) is 1.30. The first-order valence-electron chi connectivity index (χ1n) is 14.3. The van der Waals surface area contributed by atoms with Crippen molar-refractivity contribution in [2.24, 2.45) is 0 Å². The normalized spacial score (nSPS) is 26.8. The van der Waals surface area contributed by atoms with Gasteiger partial charge in [-0.3, -0.25) is 0 Å². The second-order valence-corrected chi connectivity index (χ2v) is 11.6. The third-order valence-electron chi connectivity index (χ3n) is 9.14. The number of nitrogens with zero attached hydrogens (tertiary/aromatic N) is 5. The van der Waals surface area contributed by atoms with Crippen molar-refractivity contribution < 1.29 is 14.6 Å². The number of likely N-dealkylation sites (N-methyl/N-ethyl adjacent to an activating group) is 1. The molecule has 4 aliphatic heterocycles. The van der Waals surface area contributed by atoms with E-state index in [0.717, 1.165) is 73.4 Å². The number of benzene rings is 2. The molecule has 3 fully saturated rings. The monoisotopic (exact) mass is 530 g/mol. The van der Waals surface area contributed by atoms with Crippen molar-refractivity contribution in [3.63, 3.8) is 0 Å². The van der Waals surface area contributed by atoms with E-state index < -0.39 is 0 Å². The van der Waals surface area contributed by atoms with E-state index in [1.807, 2.05) is 25.3 Å². The number of rotatable bonds is 6. The highest BCUT2D eigenvalue weighted by molar-refractivity contribution is 5.95. The molecule has 206 valence electrons. The van der Waals surface area contributed by atoms with Crippen LogP contribution in [0.1, 0.15) is 30.5 Å². The van der Waals surface area contributed by atoms with Crippen LogP contribution >= 0.6 is 0 Å². The number of anilines is 2. The molecule has 0 unspecified atom stereocenters. The quantitative estimate of drug-likeness (QED) is 0.500. The Kier molecular flexibility index (Phi) is 6.45. The average Bonchev–Trinajstić information content (AvgIpc) is 3.50. The Labute approximate surface area is 229 Å². The number of nitrogens with one attached hydrogen (secondary N) is 1. The van der Waals surface area contributed by atoms with Crippen molar-refractivity contribution in [2.45, 2.75) is 56.5 Å². The number of methoxy groups -OCH3 is 1. The molecule has 0 radical (unpaired) electrons. The van der Waals surface area contributed by atoms with Gasteiger partial charge in [-0.15, -0.1) is 0 Å². The summed E-state index contributed by atoms with van der Waals surface area (Å²) < 4.78 is 12.1. The molecule has 4 aliphatic rings. The molecule has 2 aromatic carbocycles. The Morgan fingerprint density at radius 2 is 2.00 bits per heavy atom. The zero-order valence-electron chi connectivity index (χ0n) is 22.8. The molecule has 0 amide bonds. The minimum Gasteiger partial charge on any atom is -0.508 e. The first-order chi connectivity index (χ1) is 19.1. The van der Waals surface area contributed by atoms with Gasteiger partial charge in [0.1, 0.15) is 18.2 Å². The second kappa shape index (κ2) is 10.1. The van der Waals surface area contributed by atoms with E-state index in [1.165, 1.54) is 12.0 Å². The van der Waals surface area contributed by atoms with Crippen molar-refractivity contribution in [2.75, 3.05) is 56.7 Å². The van der Waals surface area contributed by atoms with Gasteiger partial charge in [-0.25, -0.2) is 0 Å². The number of aromatic nitrogens is 2. The zero-order chi connectivity index (χ0) is 26.5. The lowest BCUT2D eigenvalue weighted by Crippen LogP contribution is -2.53. The van der Waals surface area contributed by atoms with Gasteiger partial charge >= 0.3 is 6.01 Å². The van der Waals surface area contributed by atoms with E-state index in [4.69, 9.17) is 19.4 Å². The Balaban J connectivity index is 1.23. The molecule has 7 rings (SSSR count). The summed E-state index contributed by atoms with van der Waals surface area (Å²) in [6.45, 7) is 4.98. The fourth-order valence-electron chi connectivity index (χ4n) is 7.05. The van der Waals surface area contributed by atoms with E-state index in [-0.39, 0.29) is 11.9 Å². The SMILES string of the molecule is CO[C@@H]1C[C@@H]2CN(c3nc(OC[C@@H]4CCCN4C)nc4c3CCN(c3cc(O)cc5ccccc35)C4)C[C@H]1N2. The van der Waals surface area contributed by atoms with Crippen LogP contribution in [0.3, 0.4) is 0 Å². The summed E-state index contributed by atoms with van der Waals surface area (Å²) in [6, 6.07) is 13.5. The number of piperazine rings is 1. The fraction of sp³-hybridized carbons (Fsp3) is 0.533. The Morgan fingerprint density at radius 1 is 1.10 bits per heavy atom. The van der Waals surface area contributed by atoms with Gasteiger partial charge in [0, 0.05) is 61.5 Å². The number of hydrogen-bond acceptors (Lipinski definition) is 9. The van der Waals surface area contributed by atoms with E-state index in [1.54, 1.807) is 0 Å². The smallest absolute Gasteiger partial charge is 0.318 e. The number of ether oxygens (including phenoxy) is 2. The van der Waals surface area contributed by atoms with Crippen LogP contribution in [0.25, 0.3) is 10.8 Å². The summed E-state index contributed by atoms with van der Waals surface area (Å²) in [4.78, 5) is 17.2. The van der Waals surface area contributed by atoms with Crippen molar-refractivity contribution in [1.29, 1.82) is 0 Å². The maximum Gasteiger partial charge on any atom is 0.318 e. The summed E-state index contributed by atoms with van der Waals surface area (Å²) in [6.07, 6.45) is 4.46. The molecule has 9 nitrogen and oxygen atoms in total. The van der Waals surface area contributed by atoms with E-state index in [9.17, 15) is 5.11 Å². The Morgan fingerprint density at radius 3 is 2.85 bits per heavy atom. The topological polar surface area (TPSA) is 86.2 Å². The van der Waals surface area contributed by atoms with Gasteiger partial charge in [0.25, 0.3) is 0 Å². The van der Waals surface area contributed by atoms with Crippen LogP contribution in [-0.2, 0) is 17.7 Å². The van der Waals surface area contributed by atoms with Gasteiger partial charge in [-0.1, -0.05) is 24.3 Å². The summed E-state index contributed by atoms with van der Waals surface area (Å²) in [5.41, 5.74) is 3.27. The van der Waals surface area contributed by atoms with E-state index in [0.29, 0.717) is 37.3 Å². The van der Waals surface area contributed by atoms with Gasteiger partial charge in [0.2, 0.25) is 0 Å². The summed E-state index contributed by atoms with van der Waals surface area (Å²) in [7, 11) is 3.98. The molecule has 2 N–H and O–H groups in total. The minimum absolute atomic E-state index is 0.237. The third-order valence-corrected chi connectivity index (χ3v) is 9.14. The van der Waals surface area contributed by atoms with Gasteiger partial charge in [-0.05, 0) is 50.7 Å². The van der Waals surface area contributed by atoms with Crippen LogP contribution in [0.15, 0.2) is 36.4 Å². The molecule has 0 spiro atoms. The van der Waals surface area contributed by atoms with Crippen molar-refractivity contribution in [3.05, 3.63) is 47.7 Å². The van der Waals surface area contributed by atoms with Crippen LogP contribution in [0, 0.1) is 0 Å². The number of hydrogen-bond donors (Lipinski definition) is 2. The van der Waals surface area contributed by atoms with E-state index in [2.05, 4.69) is 45.3 Å². The number of aromatic hydroxyl groups is 1. The van der Waals surface area contributed by atoms with Gasteiger partial charge in [0.05, 0.1) is 24.4 Å². The molecular formula is C30H38N6O3. The molecule has 0 saturated carbocycles. The molecule has 4 atom stereocenters. The van der Waals surface area contributed by atoms with Crippen molar-refractivity contribution in [1.82, 2.24) is 20.2 Å². The maximum atomic E-state index is 10.5. The standard InChI is InChI=1S/C30H38N6O3/c1-34-10-5-7-21(34)18-39-30-32-25-16-35(27-14-22(37)12-19-6-3-4-8-23(19)27)11-9-24(25)29(33-30)36-15-20-13-28(38-2)26(17-36)31-20/h3-4,6,8,12,14,20-21,26,28,31,37H,5,7,9-11,13,15-18H2,1-2H3/t20-,21+,26-,28-/m1/s1. The summed E-state index contributed by atoms with van der Waals surface area (Å²) in [5, 5.41) is 16.4. The third kappa shape index (κ3) is 4.66. The maximum absolute atomic E-state index is 10.5. The number of likely N-dealkylation sites (tertiary alicyclic amines) is 1. The zero-order valence-corrected chi connectivity index (χ0v) is 22.8. The fourth-order valence-corrected chi connectivity index (χ4v) is 7.05. The number of phenols is 1. The number of phenolic OH excluding ortho intramolecular Hbond substituents is 1. The molecule has 39 heavy (non-hydrogen) atoms. The highest BCUT2D eigenvalue weighted by Gasteiger charge is 2.41. The lowest BCUT2D eigenvalue weighted by molar-refractivity contribution is 0.0947. The van der Waals surface area contributed by atoms with Crippen molar-refractivity contribution in [3.8, 4) is 11.8 Å². The average molecular weight is 531 g/mol. The lowest BCUT2D eigenvalue weighted by atomic mass is 10.0. The van der Waals surface area contributed by atoms with Crippen LogP contribution in [-0.4, -0.2) is 91.1 Å². The molecule has 1 aromatic heterocycles. The van der Waals surface area contributed by atoms with Crippen LogP contribution in [0.5, 0.6) is 11.8 Å². The molecule has 3 aromatic rings. The number of fused-ring (bicyclic) bond motifs is 4. The van der Waals surface area contributed by atoms with Crippen LogP contribution < -0.4 is 19.9 Å². The Hall–Kier alpha value is -3.14. The highest BCUT2D eigenvalue weighted by atomic mass is 16.5. The van der Waals surface area contributed by atoms with E-state index >= 15 is 0 Å².